The molecule has 4 nitrogen and oxygen atoms in total. The predicted molar refractivity (Wildman–Crippen MR) is 62.5 cm³/mol. The van der Waals surface area contributed by atoms with Gasteiger partial charge in [0.05, 0.1) is 17.0 Å². The smallest absolute Gasteiger partial charge is 0.303 e. The number of carbonyl (C=O) groups is 1. The molecule has 0 fully saturated rings. The summed E-state index contributed by atoms with van der Waals surface area (Å²) < 4.78 is 1.89. The van der Waals surface area contributed by atoms with Crippen molar-refractivity contribution in [2.75, 3.05) is 0 Å². The molecule has 0 radical (unpaired) electrons. The monoisotopic (exact) mass is 236 g/mol. The molecule has 0 saturated heterocycles. The maximum Gasteiger partial charge on any atom is 0.303 e. The molecule has 84 valence electrons. The molecule has 2 rings (SSSR count). The number of aromatic nitrogens is 2. The van der Waals surface area contributed by atoms with Crippen molar-refractivity contribution in [3.8, 4) is 10.6 Å². The van der Waals surface area contributed by atoms with Gasteiger partial charge in [0.15, 0.2) is 0 Å². The van der Waals surface area contributed by atoms with Crippen LogP contribution in [0.1, 0.15) is 12.2 Å². The highest BCUT2D eigenvalue weighted by Crippen LogP contribution is 2.23. The second-order valence-electron chi connectivity index (χ2n) is 3.52. The second-order valence-corrected chi connectivity index (χ2v) is 4.47. The van der Waals surface area contributed by atoms with E-state index in [1.807, 2.05) is 35.3 Å². The fourth-order valence-electron chi connectivity index (χ4n) is 1.50. The highest BCUT2D eigenvalue weighted by molar-refractivity contribution is 7.13. The SMILES string of the molecule is Cn1cc(-c2cccs2)nc1CCC(=O)O. The molecule has 0 spiro atoms. The number of carboxylic acids is 1. The number of aliphatic carboxylic acids is 1. The minimum absolute atomic E-state index is 0.120. The Bertz CT molecular complexity index is 488. The highest BCUT2D eigenvalue weighted by atomic mass is 32.1. The molecule has 0 bridgehead atoms. The minimum Gasteiger partial charge on any atom is -0.481 e. The first-order valence-electron chi connectivity index (χ1n) is 4.94. The number of rotatable bonds is 4. The van der Waals surface area contributed by atoms with Gasteiger partial charge in [-0.3, -0.25) is 4.79 Å². The molecule has 16 heavy (non-hydrogen) atoms. The largest absolute Gasteiger partial charge is 0.481 e. The summed E-state index contributed by atoms with van der Waals surface area (Å²) in [6.07, 6.45) is 2.52. The molecule has 0 saturated carbocycles. The van der Waals surface area contributed by atoms with E-state index in [2.05, 4.69) is 4.98 Å². The topological polar surface area (TPSA) is 55.1 Å². The van der Waals surface area contributed by atoms with E-state index in [1.54, 1.807) is 11.3 Å². The van der Waals surface area contributed by atoms with Gasteiger partial charge in [-0.1, -0.05) is 6.07 Å². The van der Waals surface area contributed by atoms with E-state index >= 15 is 0 Å². The zero-order valence-corrected chi connectivity index (χ0v) is 9.70. The maximum absolute atomic E-state index is 10.5. The van der Waals surface area contributed by atoms with Gasteiger partial charge in [0, 0.05) is 19.7 Å². The van der Waals surface area contributed by atoms with Crippen molar-refractivity contribution in [2.45, 2.75) is 12.8 Å². The van der Waals surface area contributed by atoms with Gasteiger partial charge >= 0.3 is 5.97 Å². The second kappa shape index (κ2) is 4.49. The van der Waals surface area contributed by atoms with Crippen molar-refractivity contribution in [1.29, 1.82) is 0 Å². The van der Waals surface area contributed by atoms with Crippen molar-refractivity contribution in [2.24, 2.45) is 7.05 Å². The lowest BCUT2D eigenvalue weighted by atomic mass is 10.3. The lowest BCUT2D eigenvalue weighted by Crippen LogP contribution is -2.02. The van der Waals surface area contributed by atoms with Crippen LogP contribution in [0.5, 0.6) is 0 Å². The Labute approximate surface area is 97.2 Å². The molecule has 0 unspecified atom stereocenters. The van der Waals surface area contributed by atoms with Crippen LogP contribution in [0, 0.1) is 0 Å². The van der Waals surface area contributed by atoms with Crippen molar-refractivity contribution >= 4 is 17.3 Å². The van der Waals surface area contributed by atoms with E-state index in [0.717, 1.165) is 16.4 Å². The first-order valence-corrected chi connectivity index (χ1v) is 5.82. The predicted octanol–water partition coefficient (Wildman–Crippen LogP) is 2.17. The van der Waals surface area contributed by atoms with Crippen LogP contribution in [0.15, 0.2) is 23.7 Å². The fourth-order valence-corrected chi connectivity index (χ4v) is 2.18. The summed E-state index contributed by atoms with van der Waals surface area (Å²) >= 11 is 1.63. The standard InChI is InChI=1S/C11H12N2O2S/c1-13-7-8(9-3-2-6-16-9)12-10(13)4-5-11(14)15/h2-3,6-7H,4-5H2,1H3,(H,14,15). The van der Waals surface area contributed by atoms with Crippen molar-refractivity contribution < 1.29 is 9.90 Å². The lowest BCUT2D eigenvalue weighted by Gasteiger charge is -1.97. The molecule has 0 atom stereocenters. The Hall–Kier alpha value is -1.62. The number of hydrogen-bond donors (Lipinski definition) is 1. The summed E-state index contributed by atoms with van der Waals surface area (Å²) in [5.74, 6) is 0.0199. The number of imidazole rings is 1. The van der Waals surface area contributed by atoms with Crippen molar-refractivity contribution in [3.63, 3.8) is 0 Å². The van der Waals surface area contributed by atoms with Crippen LogP contribution in [0.3, 0.4) is 0 Å². The van der Waals surface area contributed by atoms with Gasteiger partial charge in [0.2, 0.25) is 0 Å². The Morgan fingerprint density at radius 3 is 3.06 bits per heavy atom. The molecule has 2 heterocycles. The Balaban J connectivity index is 2.19. The third kappa shape index (κ3) is 2.30. The molecule has 0 aliphatic rings. The van der Waals surface area contributed by atoms with E-state index < -0.39 is 5.97 Å². The molecular formula is C11H12N2O2S. The first kappa shape index (κ1) is 10.9. The van der Waals surface area contributed by atoms with Crippen LogP contribution >= 0.6 is 11.3 Å². The van der Waals surface area contributed by atoms with Gasteiger partial charge in [0.25, 0.3) is 0 Å². The minimum atomic E-state index is -0.791. The van der Waals surface area contributed by atoms with Gasteiger partial charge in [-0.25, -0.2) is 4.98 Å². The van der Waals surface area contributed by atoms with Crippen LogP contribution in [0.4, 0.5) is 0 Å². The van der Waals surface area contributed by atoms with E-state index in [1.165, 1.54) is 0 Å². The summed E-state index contributed by atoms with van der Waals surface area (Å²) in [6, 6.07) is 3.99. The quantitative estimate of drug-likeness (QED) is 0.885. The molecular weight excluding hydrogens is 224 g/mol. The van der Waals surface area contributed by atoms with Crippen LogP contribution in [-0.4, -0.2) is 20.6 Å². The molecule has 2 aromatic rings. The number of thiophene rings is 1. The highest BCUT2D eigenvalue weighted by Gasteiger charge is 2.09. The van der Waals surface area contributed by atoms with Crippen LogP contribution < -0.4 is 0 Å². The lowest BCUT2D eigenvalue weighted by molar-refractivity contribution is -0.137. The Kier molecular flexibility index (Phi) is 3.05. The number of carboxylic acid groups (broad SMARTS) is 1. The van der Waals surface area contributed by atoms with E-state index in [9.17, 15) is 4.79 Å². The molecule has 2 aromatic heterocycles. The number of aryl methyl sites for hydroxylation is 2. The summed E-state index contributed by atoms with van der Waals surface area (Å²) in [6.45, 7) is 0. The van der Waals surface area contributed by atoms with Crippen LogP contribution in [0.2, 0.25) is 0 Å². The molecule has 1 N–H and O–H groups in total. The molecule has 5 heteroatoms. The van der Waals surface area contributed by atoms with Crippen molar-refractivity contribution in [1.82, 2.24) is 9.55 Å². The normalized spacial score (nSPS) is 10.6. The van der Waals surface area contributed by atoms with Gasteiger partial charge in [-0.05, 0) is 11.4 Å². The Morgan fingerprint density at radius 2 is 2.44 bits per heavy atom. The fraction of sp³-hybridized carbons (Fsp3) is 0.273. The maximum atomic E-state index is 10.5. The van der Waals surface area contributed by atoms with Gasteiger partial charge < -0.3 is 9.67 Å². The summed E-state index contributed by atoms with van der Waals surface area (Å²) in [4.78, 5) is 16.0. The van der Waals surface area contributed by atoms with Crippen molar-refractivity contribution in [3.05, 3.63) is 29.5 Å². The zero-order chi connectivity index (χ0) is 11.5. The van der Waals surface area contributed by atoms with Crippen LogP contribution in [-0.2, 0) is 18.3 Å². The average molecular weight is 236 g/mol. The number of nitrogens with zero attached hydrogens (tertiary/aromatic N) is 2. The summed E-state index contributed by atoms with van der Waals surface area (Å²) in [5, 5.41) is 10.6. The third-order valence-corrected chi connectivity index (χ3v) is 3.20. The molecule has 0 amide bonds. The van der Waals surface area contributed by atoms with Gasteiger partial charge in [0.1, 0.15) is 5.82 Å². The van der Waals surface area contributed by atoms with E-state index in [-0.39, 0.29) is 6.42 Å². The average Bonchev–Trinajstić information content (AvgIpc) is 2.83. The first-order chi connectivity index (χ1) is 7.66. The molecule has 0 aromatic carbocycles. The molecule has 0 aliphatic heterocycles. The van der Waals surface area contributed by atoms with E-state index in [0.29, 0.717) is 6.42 Å². The third-order valence-electron chi connectivity index (χ3n) is 2.31. The number of hydrogen-bond acceptors (Lipinski definition) is 3. The summed E-state index contributed by atoms with van der Waals surface area (Å²) in [7, 11) is 1.89. The summed E-state index contributed by atoms with van der Waals surface area (Å²) in [5.41, 5.74) is 0.915. The Morgan fingerprint density at radius 1 is 1.62 bits per heavy atom. The molecule has 0 aliphatic carbocycles. The van der Waals surface area contributed by atoms with Gasteiger partial charge in [-0.15, -0.1) is 11.3 Å². The van der Waals surface area contributed by atoms with E-state index in [4.69, 9.17) is 5.11 Å². The van der Waals surface area contributed by atoms with Gasteiger partial charge in [-0.2, -0.15) is 0 Å². The van der Waals surface area contributed by atoms with Crippen LogP contribution in [0.25, 0.3) is 10.6 Å². The zero-order valence-electron chi connectivity index (χ0n) is 8.88.